The first-order valence-corrected chi connectivity index (χ1v) is 13.2. The van der Waals surface area contributed by atoms with E-state index in [0.29, 0.717) is 22.8 Å². The molecule has 1 N–H and O–H groups in total. The van der Waals surface area contributed by atoms with E-state index in [1.165, 1.54) is 25.5 Å². The molecule has 0 unspecified atom stereocenters. The van der Waals surface area contributed by atoms with Gasteiger partial charge in [0.25, 0.3) is 5.91 Å². The molecule has 0 aliphatic heterocycles. The average Bonchev–Trinajstić information content (AvgIpc) is 2.94. The normalized spacial score (nSPS) is 11.4. The molecule has 0 radical (unpaired) electrons. The average molecular weight is 530 g/mol. The molecule has 0 atom stereocenters. The molecule has 0 spiro atoms. The number of rotatable bonds is 11. The third kappa shape index (κ3) is 7.28. The molecule has 0 aliphatic rings. The van der Waals surface area contributed by atoms with Crippen molar-refractivity contribution in [2.24, 2.45) is 5.10 Å². The molecule has 0 aromatic heterocycles. The van der Waals surface area contributed by atoms with Gasteiger partial charge in [0.05, 0.1) is 24.8 Å². The van der Waals surface area contributed by atoms with E-state index in [-0.39, 0.29) is 11.4 Å². The van der Waals surface area contributed by atoms with E-state index in [1.54, 1.807) is 30.3 Å². The molecule has 38 heavy (non-hydrogen) atoms. The van der Waals surface area contributed by atoms with Crippen molar-refractivity contribution < 1.29 is 22.7 Å². The topological polar surface area (TPSA) is 97.3 Å². The van der Waals surface area contributed by atoms with Crippen LogP contribution in [-0.4, -0.2) is 38.5 Å². The zero-order chi connectivity index (χ0) is 26.8. The van der Waals surface area contributed by atoms with Crippen molar-refractivity contribution in [2.75, 3.05) is 13.7 Å². The zero-order valence-electron chi connectivity index (χ0n) is 20.7. The van der Waals surface area contributed by atoms with Crippen molar-refractivity contribution in [2.45, 2.75) is 11.4 Å². The molecule has 0 aliphatic carbocycles. The van der Waals surface area contributed by atoms with E-state index < -0.39 is 22.5 Å². The van der Waals surface area contributed by atoms with Crippen LogP contribution in [0.25, 0.3) is 0 Å². The molecular weight excluding hydrogens is 502 g/mol. The van der Waals surface area contributed by atoms with Gasteiger partial charge in [-0.15, -0.1) is 0 Å². The van der Waals surface area contributed by atoms with Crippen LogP contribution in [0.1, 0.15) is 11.1 Å². The summed E-state index contributed by atoms with van der Waals surface area (Å²) in [4.78, 5) is 12.8. The van der Waals surface area contributed by atoms with Gasteiger partial charge >= 0.3 is 0 Å². The van der Waals surface area contributed by atoms with Crippen molar-refractivity contribution in [3.05, 3.63) is 120 Å². The summed E-state index contributed by atoms with van der Waals surface area (Å²) in [7, 11) is -2.48. The standard InChI is InChI=1S/C29H27N3O5S/c1-36-25-15-17-28(18-16-25)38(34,35)32(21-23-9-4-2-5-10-23)22-29(33)31-30-20-24-11-8-14-27(19-24)37-26-12-6-3-7-13-26/h2-20H,21-22H2,1H3,(H,31,33)/b30-20-. The van der Waals surface area contributed by atoms with E-state index in [4.69, 9.17) is 9.47 Å². The number of benzene rings is 4. The first-order valence-electron chi connectivity index (χ1n) is 11.8. The number of methoxy groups -OCH3 is 1. The molecule has 9 heteroatoms. The number of hydrazone groups is 1. The first-order chi connectivity index (χ1) is 18.4. The molecular formula is C29H27N3O5S. The number of carbonyl (C=O) groups is 1. The number of hydrogen-bond donors (Lipinski definition) is 1. The number of amides is 1. The van der Waals surface area contributed by atoms with E-state index >= 15 is 0 Å². The fourth-order valence-electron chi connectivity index (χ4n) is 3.57. The Morgan fingerprint density at radius 1 is 0.842 bits per heavy atom. The molecule has 4 aromatic rings. The first kappa shape index (κ1) is 26.6. The fraction of sp³-hybridized carbons (Fsp3) is 0.103. The van der Waals surface area contributed by atoms with Crippen LogP contribution in [0.5, 0.6) is 17.2 Å². The number of ether oxygens (including phenoxy) is 2. The van der Waals surface area contributed by atoms with E-state index in [2.05, 4.69) is 10.5 Å². The molecule has 0 fully saturated rings. The Morgan fingerprint density at radius 2 is 1.50 bits per heavy atom. The van der Waals surface area contributed by atoms with Gasteiger partial charge in [-0.05, 0) is 59.7 Å². The Labute approximate surface area is 222 Å². The lowest BCUT2D eigenvalue weighted by atomic mass is 10.2. The number of para-hydroxylation sites is 1. The lowest BCUT2D eigenvalue weighted by Gasteiger charge is -2.21. The van der Waals surface area contributed by atoms with Crippen molar-refractivity contribution in [1.82, 2.24) is 9.73 Å². The third-order valence-electron chi connectivity index (χ3n) is 5.46. The summed E-state index contributed by atoms with van der Waals surface area (Å²) in [6.45, 7) is -0.400. The minimum Gasteiger partial charge on any atom is -0.497 e. The predicted molar refractivity (Wildman–Crippen MR) is 146 cm³/mol. The maximum absolute atomic E-state index is 13.4. The van der Waals surface area contributed by atoms with Gasteiger partial charge in [0.15, 0.2) is 0 Å². The molecule has 4 rings (SSSR count). The largest absolute Gasteiger partial charge is 0.497 e. The van der Waals surface area contributed by atoms with Crippen LogP contribution in [0.4, 0.5) is 0 Å². The van der Waals surface area contributed by atoms with Crippen molar-refractivity contribution in [3.63, 3.8) is 0 Å². The van der Waals surface area contributed by atoms with Gasteiger partial charge in [0.1, 0.15) is 17.2 Å². The lowest BCUT2D eigenvalue weighted by Crippen LogP contribution is -2.39. The summed E-state index contributed by atoms with van der Waals surface area (Å²) in [6.07, 6.45) is 1.47. The predicted octanol–water partition coefficient (Wildman–Crippen LogP) is 4.83. The highest BCUT2D eigenvalue weighted by Gasteiger charge is 2.27. The van der Waals surface area contributed by atoms with Crippen LogP contribution in [-0.2, 0) is 21.4 Å². The minimum absolute atomic E-state index is 0.0191. The minimum atomic E-state index is -3.98. The molecule has 0 heterocycles. The van der Waals surface area contributed by atoms with Crippen LogP contribution in [0, 0.1) is 0 Å². The number of nitrogens with one attached hydrogen (secondary N) is 1. The Morgan fingerprint density at radius 3 is 2.18 bits per heavy atom. The highest BCUT2D eigenvalue weighted by Crippen LogP contribution is 2.22. The Bertz CT molecular complexity index is 1480. The second kappa shape index (κ2) is 12.7. The van der Waals surface area contributed by atoms with Crippen molar-refractivity contribution in [3.8, 4) is 17.2 Å². The summed E-state index contributed by atoms with van der Waals surface area (Å²) in [5.41, 5.74) is 3.87. The van der Waals surface area contributed by atoms with Crippen LogP contribution in [0.15, 0.2) is 119 Å². The van der Waals surface area contributed by atoms with Crippen molar-refractivity contribution in [1.29, 1.82) is 0 Å². The van der Waals surface area contributed by atoms with Gasteiger partial charge in [-0.25, -0.2) is 13.8 Å². The number of hydrogen-bond acceptors (Lipinski definition) is 6. The molecule has 0 bridgehead atoms. The quantitative estimate of drug-likeness (QED) is 0.222. The molecule has 0 saturated carbocycles. The summed E-state index contributed by atoms with van der Waals surface area (Å²) >= 11 is 0. The summed E-state index contributed by atoms with van der Waals surface area (Å²) in [5.74, 6) is 1.27. The van der Waals surface area contributed by atoms with Gasteiger partial charge < -0.3 is 9.47 Å². The molecule has 1 amide bonds. The Hall–Kier alpha value is -4.47. The van der Waals surface area contributed by atoms with E-state index in [0.717, 1.165) is 9.87 Å². The lowest BCUT2D eigenvalue weighted by molar-refractivity contribution is -0.121. The highest BCUT2D eigenvalue weighted by molar-refractivity contribution is 7.89. The van der Waals surface area contributed by atoms with Crippen LogP contribution in [0.2, 0.25) is 0 Å². The number of sulfonamides is 1. The number of carbonyl (C=O) groups excluding carboxylic acids is 1. The van der Waals surface area contributed by atoms with Gasteiger partial charge in [-0.2, -0.15) is 9.41 Å². The van der Waals surface area contributed by atoms with E-state index in [1.807, 2.05) is 66.7 Å². The van der Waals surface area contributed by atoms with Gasteiger partial charge in [-0.3, -0.25) is 4.79 Å². The van der Waals surface area contributed by atoms with Crippen LogP contribution >= 0.6 is 0 Å². The van der Waals surface area contributed by atoms with Crippen LogP contribution in [0.3, 0.4) is 0 Å². The highest BCUT2D eigenvalue weighted by atomic mass is 32.2. The Balaban J connectivity index is 1.45. The van der Waals surface area contributed by atoms with Gasteiger partial charge in [0.2, 0.25) is 10.0 Å². The smallest absolute Gasteiger partial charge is 0.255 e. The molecule has 0 saturated heterocycles. The molecule has 194 valence electrons. The summed E-state index contributed by atoms with van der Waals surface area (Å²) in [5, 5.41) is 4.01. The monoisotopic (exact) mass is 529 g/mol. The second-order valence-corrected chi connectivity index (χ2v) is 10.2. The zero-order valence-corrected chi connectivity index (χ0v) is 21.5. The van der Waals surface area contributed by atoms with Crippen LogP contribution < -0.4 is 14.9 Å². The Kier molecular flexibility index (Phi) is 8.86. The molecule has 8 nitrogen and oxygen atoms in total. The SMILES string of the molecule is COc1ccc(S(=O)(=O)N(CC(=O)N/N=C\c2cccc(Oc3ccccc3)c2)Cc2ccccc2)cc1. The molecule has 4 aromatic carbocycles. The third-order valence-corrected chi connectivity index (χ3v) is 7.26. The number of nitrogens with zero attached hydrogens (tertiary/aromatic N) is 2. The van der Waals surface area contributed by atoms with E-state index in [9.17, 15) is 13.2 Å². The summed E-state index contributed by atoms with van der Waals surface area (Å²) in [6, 6.07) is 31.7. The fourth-order valence-corrected chi connectivity index (χ4v) is 4.95. The van der Waals surface area contributed by atoms with Crippen molar-refractivity contribution >= 4 is 22.1 Å². The van der Waals surface area contributed by atoms with Gasteiger partial charge in [0, 0.05) is 6.54 Å². The second-order valence-electron chi connectivity index (χ2n) is 8.22. The summed E-state index contributed by atoms with van der Waals surface area (Å²) < 4.78 is 38.9. The maximum atomic E-state index is 13.4. The maximum Gasteiger partial charge on any atom is 0.255 e. The van der Waals surface area contributed by atoms with Gasteiger partial charge in [-0.1, -0.05) is 60.7 Å².